The van der Waals surface area contributed by atoms with E-state index in [-0.39, 0.29) is 6.04 Å². The van der Waals surface area contributed by atoms with Crippen LogP contribution in [0.15, 0.2) is 12.4 Å². The maximum atomic E-state index is 6.02. The third-order valence-corrected chi connectivity index (χ3v) is 2.88. The van der Waals surface area contributed by atoms with Crippen LogP contribution in [0.3, 0.4) is 0 Å². The number of hydrogen-bond donors (Lipinski definition) is 2. The second-order valence-electron chi connectivity index (χ2n) is 4.37. The molecule has 0 aromatic carbocycles. The standard InChI is InChI=1S/C12H19N5O/c1-8-9(7-17(2)16-8)11-6-14-12(15-11)10(13)4-5-18-3/h6-7,10H,4-5,13H2,1-3H3,(H,14,15). The number of rotatable bonds is 5. The molecule has 0 aliphatic heterocycles. The summed E-state index contributed by atoms with van der Waals surface area (Å²) >= 11 is 0. The molecule has 1 unspecified atom stereocenters. The van der Waals surface area contributed by atoms with Gasteiger partial charge in [0.05, 0.1) is 23.6 Å². The summed E-state index contributed by atoms with van der Waals surface area (Å²) in [5.41, 5.74) is 8.99. The van der Waals surface area contributed by atoms with Crippen LogP contribution >= 0.6 is 0 Å². The van der Waals surface area contributed by atoms with Gasteiger partial charge < -0.3 is 15.5 Å². The molecule has 18 heavy (non-hydrogen) atoms. The fourth-order valence-corrected chi connectivity index (χ4v) is 1.91. The molecule has 0 spiro atoms. The normalized spacial score (nSPS) is 12.9. The van der Waals surface area contributed by atoms with Gasteiger partial charge >= 0.3 is 0 Å². The van der Waals surface area contributed by atoms with Gasteiger partial charge in [-0.2, -0.15) is 5.10 Å². The third kappa shape index (κ3) is 2.60. The monoisotopic (exact) mass is 249 g/mol. The zero-order chi connectivity index (χ0) is 13.1. The molecule has 98 valence electrons. The zero-order valence-corrected chi connectivity index (χ0v) is 11.0. The fourth-order valence-electron chi connectivity index (χ4n) is 1.91. The molecule has 0 radical (unpaired) electrons. The van der Waals surface area contributed by atoms with Crippen LogP contribution in [0, 0.1) is 6.92 Å². The number of aromatic amines is 1. The molecule has 0 amide bonds. The minimum atomic E-state index is -0.129. The van der Waals surface area contributed by atoms with E-state index in [4.69, 9.17) is 10.5 Å². The van der Waals surface area contributed by atoms with Crippen LogP contribution < -0.4 is 5.73 Å². The van der Waals surface area contributed by atoms with Gasteiger partial charge in [-0.25, -0.2) is 4.98 Å². The lowest BCUT2D eigenvalue weighted by Gasteiger charge is -2.07. The summed E-state index contributed by atoms with van der Waals surface area (Å²) in [6.45, 7) is 2.60. The minimum absolute atomic E-state index is 0.129. The van der Waals surface area contributed by atoms with Gasteiger partial charge in [0, 0.05) is 32.5 Å². The van der Waals surface area contributed by atoms with E-state index in [2.05, 4.69) is 15.1 Å². The average Bonchev–Trinajstić information content (AvgIpc) is 2.92. The molecule has 6 nitrogen and oxygen atoms in total. The van der Waals surface area contributed by atoms with Crippen LogP contribution in [0.25, 0.3) is 11.3 Å². The molecular formula is C12H19N5O. The van der Waals surface area contributed by atoms with Gasteiger partial charge in [0.15, 0.2) is 0 Å². The van der Waals surface area contributed by atoms with Crippen molar-refractivity contribution in [3.05, 3.63) is 23.9 Å². The Labute approximate surface area is 106 Å². The van der Waals surface area contributed by atoms with Crippen molar-refractivity contribution in [2.45, 2.75) is 19.4 Å². The number of nitrogens with zero attached hydrogens (tertiary/aromatic N) is 3. The summed E-state index contributed by atoms with van der Waals surface area (Å²) in [7, 11) is 3.57. The molecule has 1 atom stereocenters. The summed E-state index contributed by atoms with van der Waals surface area (Å²) in [6, 6.07) is -0.129. The number of nitrogens with two attached hydrogens (primary N) is 1. The molecule has 0 fully saturated rings. The molecule has 6 heteroatoms. The molecule has 0 saturated carbocycles. The van der Waals surface area contributed by atoms with E-state index in [0.29, 0.717) is 6.61 Å². The van der Waals surface area contributed by atoms with E-state index in [1.807, 2.05) is 20.2 Å². The van der Waals surface area contributed by atoms with Gasteiger partial charge in [0.1, 0.15) is 5.82 Å². The number of H-pyrrole nitrogens is 1. The van der Waals surface area contributed by atoms with Crippen LogP contribution in [0.1, 0.15) is 24.0 Å². The Morgan fingerprint density at radius 3 is 2.94 bits per heavy atom. The lowest BCUT2D eigenvalue weighted by Crippen LogP contribution is -2.14. The van der Waals surface area contributed by atoms with Gasteiger partial charge in [0.2, 0.25) is 0 Å². The van der Waals surface area contributed by atoms with Crippen molar-refractivity contribution in [1.29, 1.82) is 0 Å². The maximum Gasteiger partial charge on any atom is 0.123 e. The number of aryl methyl sites for hydroxylation is 2. The zero-order valence-electron chi connectivity index (χ0n) is 11.0. The number of hydrogen-bond acceptors (Lipinski definition) is 4. The topological polar surface area (TPSA) is 81.8 Å². The molecule has 2 rings (SSSR count). The molecule has 2 aromatic heterocycles. The van der Waals surface area contributed by atoms with Crippen LogP contribution in [-0.2, 0) is 11.8 Å². The fraction of sp³-hybridized carbons (Fsp3) is 0.500. The lowest BCUT2D eigenvalue weighted by molar-refractivity contribution is 0.187. The number of imidazole rings is 1. The summed E-state index contributed by atoms with van der Waals surface area (Å²) in [6.07, 6.45) is 4.51. The van der Waals surface area contributed by atoms with Crippen molar-refractivity contribution in [1.82, 2.24) is 19.7 Å². The first kappa shape index (κ1) is 12.8. The summed E-state index contributed by atoms with van der Waals surface area (Å²) in [5, 5.41) is 4.31. The van der Waals surface area contributed by atoms with Gasteiger partial charge in [-0.15, -0.1) is 0 Å². The third-order valence-electron chi connectivity index (χ3n) is 2.88. The van der Waals surface area contributed by atoms with E-state index in [9.17, 15) is 0 Å². The van der Waals surface area contributed by atoms with Crippen molar-refractivity contribution >= 4 is 0 Å². The smallest absolute Gasteiger partial charge is 0.123 e. The van der Waals surface area contributed by atoms with Crippen molar-refractivity contribution < 1.29 is 4.74 Å². The number of ether oxygens (including phenoxy) is 1. The van der Waals surface area contributed by atoms with Gasteiger partial charge in [0.25, 0.3) is 0 Å². The SMILES string of the molecule is COCCC(N)c1ncc(-c2cn(C)nc2C)[nH]1. The van der Waals surface area contributed by atoms with Crippen molar-refractivity contribution in [2.24, 2.45) is 12.8 Å². The van der Waals surface area contributed by atoms with Crippen molar-refractivity contribution in [3.8, 4) is 11.3 Å². The predicted molar refractivity (Wildman–Crippen MR) is 68.9 cm³/mol. The summed E-state index contributed by atoms with van der Waals surface area (Å²) in [5.74, 6) is 0.783. The summed E-state index contributed by atoms with van der Waals surface area (Å²) in [4.78, 5) is 7.57. The van der Waals surface area contributed by atoms with Gasteiger partial charge in [-0.3, -0.25) is 4.68 Å². The molecule has 0 saturated heterocycles. The van der Waals surface area contributed by atoms with Gasteiger partial charge in [-0.05, 0) is 13.3 Å². The Balaban J connectivity index is 2.17. The Hall–Kier alpha value is -1.66. The van der Waals surface area contributed by atoms with Gasteiger partial charge in [-0.1, -0.05) is 0 Å². The second-order valence-corrected chi connectivity index (χ2v) is 4.37. The lowest BCUT2D eigenvalue weighted by atomic mass is 10.2. The van der Waals surface area contributed by atoms with E-state index in [1.54, 1.807) is 18.0 Å². The first-order chi connectivity index (χ1) is 8.61. The Bertz CT molecular complexity index is 516. The molecular weight excluding hydrogens is 230 g/mol. The largest absolute Gasteiger partial charge is 0.385 e. The quantitative estimate of drug-likeness (QED) is 0.833. The summed E-state index contributed by atoms with van der Waals surface area (Å²) < 4.78 is 6.80. The van der Waals surface area contributed by atoms with Crippen LogP contribution in [0.4, 0.5) is 0 Å². The Morgan fingerprint density at radius 2 is 2.33 bits per heavy atom. The highest BCUT2D eigenvalue weighted by molar-refractivity contribution is 5.60. The predicted octanol–water partition coefficient (Wildman–Crippen LogP) is 1.15. The minimum Gasteiger partial charge on any atom is -0.385 e. The highest BCUT2D eigenvalue weighted by atomic mass is 16.5. The number of aromatic nitrogens is 4. The van der Waals surface area contributed by atoms with Crippen LogP contribution in [-0.4, -0.2) is 33.5 Å². The first-order valence-corrected chi connectivity index (χ1v) is 5.92. The molecule has 0 aliphatic carbocycles. The maximum absolute atomic E-state index is 6.02. The van der Waals surface area contributed by atoms with Crippen LogP contribution in [0.5, 0.6) is 0 Å². The molecule has 0 aliphatic rings. The molecule has 0 bridgehead atoms. The molecule has 2 aromatic rings. The Kier molecular flexibility index (Phi) is 3.78. The number of nitrogens with one attached hydrogen (secondary N) is 1. The first-order valence-electron chi connectivity index (χ1n) is 5.92. The van der Waals surface area contributed by atoms with E-state index < -0.39 is 0 Å². The Morgan fingerprint density at radius 1 is 1.56 bits per heavy atom. The van der Waals surface area contributed by atoms with Crippen molar-refractivity contribution in [2.75, 3.05) is 13.7 Å². The molecule has 2 heterocycles. The van der Waals surface area contributed by atoms with Crippen LogP contribution in [0.2, 0.25) is 0 Å². The number of methoxy groups -OCH3 is 1. The van der Waals surface area contributed by atoms with E-state index in [0.717, 1.165) is 29.2 Å². The highest BCUT2D eigenvalue weighted by Crippen LogP contribution is 2.22. The average molecular weight is 249 g/mol. The molecule has 3 N–H and O–H groups in total. The van der Waals surface area contributed by atoms with E-state index >= 15 is 0 Å². The van der Waals surface area contributed by atoms with E-state index in [1.165, 1.54) is 0 Å². The highest BCUT2D eigenvalue weighted by Gasteiger charge is 2.13. The second kappa shape index (κ2) is 5.32. The van der Waals surface area contributed by atoms with Crippen molar-refractivity contribution in [3.63, 3.8) is 0 Å².